The first-order valence-corrected chi connectivity index (χ1v) is 8.10. The summed E-state index contributed by atoms with van der Waals surface area (Å²) in [4.78, 5) is 3.88. The fraction of sp³-hybridized carbons (Fsp3) is 0.500. The molecule has 1 aromatic carbocycles. The van der Waals surface area contributed by atoms with Crippen molar-refractivity contribution in [2.75, 3.05) is 38.0 Å². The van der Waals surface area contributed by atoms with E-state index in [1.54, 1.807) is 11.0 Å². The van der Waals surface area contributed by atoms with Gasteiger partial charge in [-0.2, -0.15) is 0 Å². The predicted octanol–water partition coefficient (Wildman–Crippen LogP) is 2.30. The van der Waals surface area contributed by atoms with E-state index < -0.39 is 0 Å². The Morgan fingerprint density at radius 2 is 1.85 bits per heavy atom. The fourth-order valence-corrected chi connectivity index (χ4v) is 3.28. The Morgan fingerprint density at radius 3 is 2.40 bits per heavy atom. The second-order valence-corrected chi connectivity index (χ2v) is 6.33. The van der Waals surface area contributed by atoms with Crippen LogP contribution in [0.15, 0.2) is 18.2 Å². The lowest BCUT2D eigenvalue weighted by molar-refractivity contribution is -0.903. The number of benzene rings is 1. The number of halogens is 2. The highest BCUT2D eigenvalue weighted by molar-refractivity contribution is 7.80. The van der Waals surface area contributed by atoms with Gasteiger partial charge < -0.3 is 15.1 Å². The standard InChI is InChI=1S/C14H19Cl2N3S/c1-2-3-18-4-6-19(7-5-18)14(20)17-13-9-11(15)8-12(16)10-13/h8-10H,2-7H2,1H3,(H,17,20)/p+1. The molecular formula is C14H20Cl2N3S+. The van der Waals surface area contributed by atoms with Crippen molar-refractivity contribution in [1.82, 2.24) is 4.90 Å². The van der Waals surface area contributed by atoms with Crippen molar-refractivity contribution in [1.29, 1.82) is 0 Å². The highest BCUT2D eigenvalue weighted by Gasteiger charge is 2.20. The van der Waals surface area contributed by atoms with Crippen LogP contribution in [0, 0.1) is 0 Å². The van der Waals surface area contributed by atoms with Crippen LogP contribution in [0.25, 0.3) is 0 Å². The van der Waals surface area contributed by atoms with Crippen molar-refractivity contribution in [2.24, 2.45) is 0 Å². The minimum atomic E-state index is 0.611. The van der Waals surface area contributed by atoms with Gasteiger partial charge in [0, 0.05) is 15.7 Å². The number of hydrogen-bond donors (Lipinski definition) is 2. The summed E-state index contributed by atoms with van der Waals surface area (Å²) >= 11 is 17.4. The Bertz CT molecular complexity index is 453. The number of quaternary nitrogens is 1. The molecule has 0 bridgehead atoms. The summed E-state index contributed by atoms with van der Waals surface area (Å²) in [5, 5.41) is 5.19. The van der Waals surface area contributed by atoms with Crippen LogP contribution in [0.4, 0.5) is 5.69 Å². The predicted molar refractivity (Wildman–Crippen MR) is 90.1 cm³/mol. The molecule has 0 saturated carbocycles. The number of nitrogens with zero attached hydrogens (tertiary/aromatic N) is 1. The van der Waals surface area contributed by atoms with Gasteiger partial charge in [0.15, 0.2) is 5.11 Å². The number of anilines is 1. The van der Waals surface area contributed by atoms with Gasteiger partial charge in [0.25, 0.3) is 0 Å². The molecule has 0 aromatic heterocycles. The van der Waals surface area contributed by atoms with E-state index in [2.05, 4.69) is 17.1 Å². The summed E-state index contributed by atoms with van der Waals surface area (Å²) in [6.45, 7) is 7.76. The molecule has 1 aliphatic rings. The van der Waals surface area contributed by atoms with Gasteiger partial charge in [-0.15, -0.1) is 0 Å². The van der Waals surface area contributed by atoms with Crippen LogP contribution in [-0.2, 0) is 0 Å². The molecule has 6 heteroatoms. The lowest BCUT2D eigenvalue weighted by Crippen LogP contribution is -3.14. The van der Waals surface area contributed by atoms with Gasteiger partial charge in [-0.05, 0) is 36.8 Å². The van der Waals surface area contributed by atoms with E-state index in [9.17, 15) is 0 Å². The zero-order valence-corrected chi connectivity index (χ0v) is 13.9. The van der Waals surface area contributed by atoms with Crippen molar-refractivity contribution in [2.45, 2.75) is 13.3 Å². The highest BCUT2D eigenvalue weighted by Crippen LogP contribution is 2.22. The second-order valence-electron chi connectivity index (χ2n) is 5.08. The Labute approximate surface area is 135 Å². The van der Waals surface area contributed by atoms with Gasteiger partial charge in [0.1, 0.15) is 0 Å². The molecule has 20 heavy (non-hydrogen) atoms. The first-order chi connectivity index (χ1) is 9.58. The van der Waals surface area contributed by atoms with Gasteiger partial charge in [-0.1, -0.05) is 30.1 Å². The van der Waals surface area contributed by atoms with Gasteiger partial charge in [-0.3, -0.25) is 0 Å². The van der Waals surface area contributed by atoms with E-state index in [1.807, 2.05) is 12.1 Å². The Morgan fingerprint density at radius 1 is 1.25 bits per heavy atom. The smallest absolute Gasteiger partial charge is 0.173 e. The van der Waals surface area contributed by atoms with Crippen molar-refractivity contribution < 1.29 is 4.90 Å². The SMILES string of the molecule is CCC[NH+]1CCN(C(=S)Nc2cc(Cl)cc(Cl)c2)CC1. The molecule has 2 rings (SSSR count). The van der Waals surface area contributed by atoms with E-state index in [0.717, 1.165) is 37.0 Å². The first-order valence-electron chi connectivity index (χ1n) is 6.94. The normalized spacial score (nSPS) is 16.2. The lowest BCUT2D eigenvalue weighted by atomic mass is 10.3. The summed E-state index contributed by atoms with van der Waals surface area (Å²) in [5.74, 6) is 0. The topological polar surface area (TPSA) is 19.7 Å². The van der Waals surface area contributed by atoms with Crippen molar-refractivity contribution in [3.8, 4) is 0 Å². The molecule has 2 N–H and O–H groups in total. The minimum absolute atomic E-state index is 0.611. The molecule has 1 aromatic rings. The summed E-state index contributed by atoms with van der Waals surface area (Å²) in [7, 11) is 0. The van der Waals surface area contributed by atoms with E-state index >= 15 is 0 Å². The minimum Gasteiger partial charge on any atom is -0.338 e. The molecule has 0 spiro atoms. The maximum atomic E-state index is 5.99. The summed E-state index contributed by atoms with van der Waals surface area (Å²) < 4.78 is 0. The molecule has 1 heterocycles. The maximum absolute atomic E-state index is 5.99. The Kier molecular flexibility index (Phi) is 5.90. The van der Waals surface area contributed by atoms with Gasteiger partial charge >= 0.3 is 0 Å². The van der Waals surface area contributed by atoms with Crippen molar-refractivity contribution in [3.63, 3.8) is 0 Å². The fourth-order valence-electron chi connectivity index (χ4n) is 2.46. The van der Waals surface area contributed by atoms with Gasteiger partial charge in [-0.25, -0.2) is 0 Å². The molecule has 1 saturated heterocycles. The highest BCUT2D eigenvalue weighted by atomic mass is 35.5. The zero-order valence-electron chi connectivity index (χ0n) is 11.6. The lowest BCUT2D eigenvalue weighted by Gasteiger charge is -2.33. The van der Waals surface area contributed by atoms with Crippen LogP contribution in [0.3, 0.4) is 0 Å². The number of thiocarbonyl (C=S) groups is 1. The quantitative estimate of drug-likeness (QED) is 0.828. The van der Waals surface area contributed by atoms with E-state index in [1.165, 1.54) is 13.0 Å². The molecule has 0 radical (unpaired) electrons. The number of hydrogen-bond acceptors (Lipinski definition) is 1. The first kappa shape index (κ1) is 15.8. The van der Waals surface area contributed by atoms with E-state index in [0.29, 0.717) is 10.0 Å². The summed E-state index contributed by atoms with van der Waals surface area (Å²) in [5.41, 5.74) is 0.843. The van der Waals surface area contributed by atoms with Gasteiger partial charge in [0.05, 0.1) is 32.7 Å². The third-order valence-electron chi connectivity index (χ3n) is 3.48. The molecule has 1 aliphatic heterocycles. The molecule has 0 amide bonds. The third-order valence-corrected chi connectivity index (χ3v) is 4.27. The average Bonchev–Trinajstić information content (AvgIpc) is 2.38. The Balaban J connectivity index is 1.89. The van der Waals surface area contributed by atoms with Crippen LogP contribution in [0.5, 0.6) is 0 Å². The Hall–Kier alpha value is -0.550. The molecule has 1 fully saturated rings. The maximum Gasteiger partial charge on any atom is 0.173 e. The molecule has 0 aliphatic carbocycles. The molecular weight excluding hydrogens is 313 g/mol. The number of piperazine rings is 1. The van der Waals surface area contributed by atoms with E-state index in [4.69, 9.17) is 35.4 Å². The monoisotopic (exact) mass is 332 g/mol. The van der Waals surface area contributed by atoms with Crippen molar-refractivity contribution in [3.05, 3.63) is 28.2 Å². The van der Waals surface area contributed by atoms with Crippen molar-refractivity contribution >= 4 is 46.2 Å². The number of rotatable bonds is 3. The third kappa shape index (κ3) is 4.48. The zero-order chi connectivity index (χ0) is 14.5. The average molecular weight is 333 g/mol. The molecule has 3 nitrogen and oxygen atoms in total. The van der Waals surface area contributed by atoms with Crippen LogP contribution in [0.1, 0.15) is 13.3 Å². The molecule has 0 atom stereocenters. The van der Waals surface area contributed by atoms with Crippen LogP contribution in [0.2, 0.25) is 10.0 Å². The summed E-state index contributed by atoms with van der Waals surface area (Å²) in [6, 6.07) is 5.38. The number of nitrogens with one attached hydrogen (secondary N) is 2. The van der Waals surface area contributed by atoms with E-state index in [-0.39, 0.29) is 0 Å². The molecule has 110 valence electrons. The van der Waals surface area contributed by atoms with Crippen LogP contribution < -0.4 is 10.2 Å². The summed E-state index contributed by atoms with van der Waals surface area (Å²) in [6.07, 6.45) is 1.24. The largest absolute Gasteiger partial charge is 0.338 e. The molecule has 0 unspecified atom stereocenters. The van der Waals surface area contributed by atoms with Crippen LogP contribution in [-0.4, -0.2) is 42.7 Å². The van der Waals surface area contributed by atoms with Crippen LogP contribution >= 0.6 is 35.4 Å². The second kappa shape index (κ2) is 7.46. The van der Waals surface area contributed by atoms with Gasteiger partial charge in [0.2, 0.25) is 0 Å².